The van der Waals surface area contributed by atoms with Crippen LogP contribution in [-0.2, 0) is 5.75 Å². The summed E-state index contributed by atoms with van der Waals surface area (Å²) < 4.78 is 6.52. The van der Waals surface area contributed by atoms with Crippen LogP contribution in [0.2, 0.25) is 0 Å². The first-order valence-electron chi connectivity index (χ1n) is 5.00. The average Bonchev–Trinajstić information content (AvgIpc) is 2.29. The van der Waals surface area contributed by atoms with E-state index in [9.17, 15) is 0 Å². The molecule has 2 aromatic rings. The van der Waals surface area contributed by atoms with Crippen molar-refractivity contribution in [2.45, 2.75) is 5.75 Å². The second kappa shape index (κ2) is 5.11. The molecule has 0 heterocycles. The molecule has 0 bridgehead atoms. The summed E-state index contributed by atoms with van der Waals surface area (Å²) in [7, 11) is 1.73. The number of ether oxygens (including phenoxy) is 1. The molecule has 0 unspecified atom stereocenters. The molecule has 0 aliphatic rings. The summed E-state index contributed by atoms with van der Waals surface area (Å²) >= 11 is 5.31. The summed E-state index contributed by atoms with van der Waals surface area (Å²) in [5.74, 6) is 1.95. The number of hydrogen-bond donors (Lipinski definition) is 0. The number of rotatable bonds is 3. The third kappa shape index (κ3) is 2.20. The van der Waals surface area contributed by atoms with Gasteiger partial charge in [0.2, 0.25) is 0 Å². The van der Waals surface area contributed by atoms with E-state index in [0.29, 0.717) is 0 Å². The van der Waals surface area contributed by atoms with Crippen molar-refractivity contribution in [3.8, 4) is 5.75 Å². The van der Waals surface area contributed by atoms with Crippen LogP contribution in [0.4, 0.5) is 0 Å². The van der Waals surface area contributed by atoms with Gasteiger partial charge in [-0.1, -0.05) is 28.1 Å². The lowest BCUT2D eigenvalue weighted by atomic mass is 10.0. The fraction of sp³-hybridized carbons (Fsp3) is 0.231. The van der Waals surface area contributed by atoms with E-state index in [2.05, 4.69) is 46.5 Å². The molecule has 0 saturated heterocycles. The van der Waals surface area contributed by atoms with Gasteiger partial charge in [0, 0.05) is 15.8 Å². The Kier molecular flexibility index (Phi) is 3.77. The Bertz CT molecular complexity index is 511. The van der Waals surface area contributed by atoms with Gasteiger partial charge >= 0.3 is 0 Å². The van der Waals surface area contributed by atoms with E-state index in [1.165, 1.54) is 16.3 Å². The minimum absolute atomic E-state index is 0.974. The van der Waals surface area contributed by atoms with Crippen LogP contribution in [-0.4, -0.2) is 13.4 Å². The molecule has 0 fully saturated rings. The highest BCUT2D eigenvalue weighted by molar-refractivity contribution is 9.10. The highest BCUT2D eigenvalue weighted by atomic mass is 79.9. The third-order valence-corrected chi connectivity index (χ3v) is 3.63. The molecule has 0 saturated carbocycles. The third-order valence-electron chi connectivity index (χ3n) is 2.56. The molecule has 0 N–H and O–H groups in total. The van der Waals surface area contributed by atoms with E-state index in [1.807, 2.05) is 17.8 Å². The maximum Gasteiger partial charge on any atom is 0.123 e. The number of fused-ring (bicyclic) bond motifs is 1. The van der Waals surface area contributed by atoms with Crippen LogP contribution >= 0.6 is 27.7 Å². The van der Waals surface area contributed by atoms with Crippen LogP contribution in [0.15, 0.2) is 34.8 Å². The van der Waals surface area contributed by atoms with Gasteiger partial charge in [0.15, 0.2) is 0 Å². The molecule has 0 amide bonds. The molecule has 16 heavy (non-hydrogen) atoms. The quantitative estimate of drug-likeness (QED) is 0.826. The van der Waals surface area contributed by atoms with Gasteiger partial charge in [-0.2, -0.15) is 11.8 Å². The van der Waals surface area contributed by atoms with Crippen molar-refractivity contribution < 1.29 is 4.74 Å². The summed E-state index contributed by atoms with van der Waals surface area (Å²) in [4.78, 5) is 0. The van der Waals surface area contributed by atoms with Crippen LogP contribution in [0, 0.1) is 0 Å². The highest BCUT2D eigenvalue weighted by Gasteiger charge is 2.07. The normalized spacial score (nSPS) is 10.7. The van der Waals surface area contributed by atoms with E-state index in [0.717, 1.165) is 16.0 Å². The lowest BCUT2D eigenvalue weighted by Gasteiger charge is -2.11. The number of halogens is 1. The SMILES string of the molecule is COc1ccc2cc(Br)ccc2c1CSC. The van der Waals surface area contributed by atoms with Gasteiger partial charge in [-0.05, 0) is 35.2 Å². The summed E-state index contributed by atoms with van der Waals surface area (Å²) in [6, 6.07) is 10.5. The first-order valence-corrected chi connectivity index (χ1v) is 7.19. The van der Waals surface area contributed by atoms with Crippen molar-refractivity contribution in [2.24, 2.45) is 0 Å². The molecular weight excluding hydrogens is 284 g/mol. The second-order valence-corrected chi connectivity index (χ2v) is 5.33. The molecule has 0 radical (unpaired) electrons. The van der Waals surface area contributed by atoms with Gasteiger partial charge in [-0.15, -0.1) is 0 Å². The molecule has 84 valence electrons. The molecule has 1 nitrogen and oxygen atoms in total. The Hall–Kier alpha value is -0.670. The molecular formula is C13H13BrOS. The predicted octanol–water partition coefficient (Wildman–Crippen LogP) is 4.47. The topological polar surface area (TPSA) is 9.23 Å². The molecule has 0 spiro atoms. The van der Waals surface area contributed by atoms with Crippen molar-refractivity contribution >= 4 is 38.5 Å². The summed E-state index contributed by atoms with van der Waals surface area (Å²) in [5, 5.41) is 2.52. The maximum atomic E-state index is 5.41. The molecule has 0 aliphatic carbocycles. The minimum Gasteiger partial charge on any atom is -0.496 e. The van der Waals surface area contributed by atoms with Crippen molar-refractivity contribution in [1.29, 1.82) is 0 Å². The van der Waals surface area contributed by atoms with Crippen LogP contribution < -0.4 is 4.74 Å². The maximum absolute atomic E-state index is 5.41. The minimum atomic E-state index is 0.974. The zero-order valence-electron chi connectivity index (χ0n) is 9.29. The molecule has 0 aliphatic heterocycles. The molecule has 3 heteroatoms. The fourth-order valence-corrected chi connectivity index (χ4v) is 2.79. The zero-order valence-corrected chi connectivity index (χ0v) is 11.7. The summed E-state index contributed by atoms with van der Waals surface area (Å²) in [6.45, 7) is 0. The van der Waals surface area contributed by atoms with E-state index in [1.54, 1.807) is 7.11 Å². The van der Waals surface area contributed by atoms with E-state index in [-0.39, 0.29) is 0 Å². The van der Waals surface area contributed by atoms with Gasteiger partial charge in [-0.3, -0.25) is 0 Å². The molecule has 0 aromatic heterocycles. The van der Waals surface area contributed by atoms with Crippen molar-refractivity contribution in [3.63, 3.8) is 0 Å². The van der Waals surface area contributed by atoms with Crippen molar-refractivity contribution in [1.82, 2.24) is 0 Å². The Labute approximate surface area is 108 Å². The Morgan fingerprint density at radius 1 is 1.25 bits per heavy atom. The van der Waals surface area contributed by atoms with Gasteiger partial charge in [0.05, 0.1) is 7.11 Å². The van der Waals surface area contributed by atoms with Crippen molar-refractivity contribution in [2.75, 3.05) is 13.4 Å². The Balaban J connectivity index is 2.68. The van der Waals surface area contributed by atoms with Crippen LogP contribution in [0.25, 0.3) is 10.8 Å². The zero-order chi connectivity index (χ0) is 11.5. The second-order valence-electron chi connectivity index (χ2n) is 3.54. The first kappa shape index (κ1) is 11.8. The number of methoxy groups -OCH3 is 1. The lowest BCUT2D eigenvalue weighted by molar-refractivity contribution is 0.412. The van der Waals surface area contributed by atoms with Crippen LogP contribution in [0.5, 0.6) is 5.75 Å². The largest absolute Gasteiger partial charge is 0.496 e. The van der Waals surface area contributed by atoms with Gasteiger partial charge in [0.25, 0.3) is 0 Å². The molecule has 2 rings (SSSR count). The van der Waals surface area contributed by atoms with Gasteiger partial charge in [0.1, 0.15) is 5.75 Å². The van der Waals surface area contributed by atoms with Crippen molar-refractivity contribution in [3.05, 3.63) is 40.4 Å². The van der Waals surface area contributed by atoms with Crippen LogP contribution in [0.3, 0.4) is 0 Å². The monoisotopic (exact) mass is 296 g/mol. The van der Waals surface area contributed by atoms with E-state index >= 15 is 0 Å². The van der Waals surface area contributed by atoms with Gasteiger partial charge < -0.3 is 4.74 Å². The lowest BCUT2D eigenvalue weighted by Crippen LogP contribution is -1.91. The van der Waals surface area contributed by atoms with Gasteiger partial charge in [-0.25, -0.2) is 0 Å². The number of hydrogen-bond acceptors (Lipinski definition) is 2. The summed E-state index contributed by atoms with van der Waals surface area (Å²) in [6.07, 6.45) is 2.11. The number of benzene rings is 2. The molecule has 2 aromatic carbocycles. The van der Waals surface area contributed by atoms with E-state index in [4.69, 9.17) is 4.74 Å². The molecule has 0 atom stereocenters. The summed E-state index contributed by atoms with van der Waals surface area (Å²) in [5.41, 5.74) is 1.28. The van der Waals surface area contributed by atoms with E-state index < -0.39 is 0 Å². The smallest absolute Gasteiger partial charge is 0.123 e. The Morgan fingerprint density at radius 3 is 2.75 bits per heavy atom. The Morgan fingerprint density at radius 2 is 2.06 bits per heavy atom. The first-order chi connectivity index (χ1) is 7.76. The standard InChI is InChI=1S/C13H13BrOS/c1-15-13-6-3-9-7-10(14)4-5-11(9)12(13)8-16-2/h3-7H,8H2,1-2H3. The predicted molar refractivity (Wildman–Crippen MR) is 75.4 cm³/mol. The highest BCUT2D eigenvalue weighted by Crippen LogP contribution is 2.32. The average molecular weight is 297 g/mol. The number of thioether (sulfide) groups is 1. The van der Waals surface area contributed by atoms with Crippen LogP contribution in [0.1, 0.15) is 5.56 Å². The fourth-order valence-electron chi connectivity index (χ4n) is 1.83.